The van der Waals surface area contributed by atoms with Crippen molar-refractivity contribution in [3.8, 4) is 0 Å². The number of carbonyl (C=O) groups excluding carboxylic acids is 1. The van der Waals surface area contributed by atoms with Gasteiger partial charge >= 0.3 is 0 Å². The summed E-state index contributed by atoms with van der Waals surface area (Å²) >= 11 is 19.0. The van der Waals surface area contributed by atoms with Gasteiger partial charge in [-0.3, -0.25) is 4.79 Å². The smallest absolute Gasteiger partial charge is 0.286 e. The number of nitrogens with zero attached hydrogens (tertiary/aromatic N) is 2. The van der Waals surface area contributed by atoms with Gasteiger partial charge in [0.15, 0.2) is 5.01 Å². The molecule has 3 rings (SSSR count). The second-order valence-corrected chi connectivity index (χ2v) is 7.17. The molecule has 3 aromatic rings. The molecule has 0 aliphatic carbocycles. The zero-order valence-corrected chi connectivity index (χ0v) is 15.6. The Morgan fingerprint density at radius 3 is 2.12 bits per heavy atom. The first-order valence-corrected chi connectivity index (χ1v) is 9.00. The van der Waals surface area contributed by atoms with Crippen molar-refractivity contribution in [3.63, 3.8) is 0 Å². The normalized spacial score (nSPS) is 11.4. The number of amides is 1. The van der Waals surface area contributed by atoms with Crippen LogP contribution in [0.4, 0.5) is 5.69 Å². The number of rotatable bonds is 4. The molecule has 1 N–H and O–H groups in total. The minimum Gasteiger partial charge on any atom is -0.320 e. The third kappa shape index (κ3) is 4.80. The van der Waals surface area contributed by atoms with Crippen molar-refractivity contribution in [2.24, 2.45) is 0 Å². The molecule has 0 unspecified atom stereocenters. The summed E-state index contributed by atoms with van der Waals surface area (Å²) in [6, 6.07) is 14.0. The van der Waals surface area contributed by atoms with Gasteiger partial charge in [0.05, 0.1) is 5.03 Å². The average molecular weight is 411 g/mol. The highest BCUT2D eigenvalue weighted by molar-refractivity contribution is 7.15. The Morgan fingerprint density at radius 1 is 0.920 bits per heavy atom. The Bertz CT molecular complexity index is 921. The van der Waals surface area contributed by atoms with Gasteiger partial charge in [-0.25, -0.2) is 0 Å². The fraction of sp³-hybridized carbons (Fsp3) is 0. The molecule has 1 amide bonds. The van der Waals surface area contributed by atoms with Gasteiger partial charge in [0, 0.05) is 15.7 Å². The fourth-order valence-corrected chi connectivity index (χ4v) is 3.07. The Labute approximate surface area is 163 Å². The minimum atomic E-state index is -0.359. The van der Waals surface area contributed by atoms with Crippen LogP contribution in [-0.2, 0) is 0 Å². The molecule has 4 nitrogen and oxygen atoms in total. The monoisotopic (exact) mass is 409 g/mol. The van der Waals surface area contributed by atoms with E-state index >= 15 is 0 Å². The molecule has 0 fully saturated rings. The van der Waals surface area contributed by atoms with Crippen LogP contribution < -0.4 is 5.32 Å². The molecule has 0 atom stereocenters. The van der Waals surface area contributed by atoms with Gasteiger partial charge in [0.1, 0.15) is 0 Å². The van der Waals surface area contributed by atoms with E-state index in [1.807, 2.05) is 12.1 Å². The van der Waals surface area contributed by atoms with Crippen molar-refractivity contribution in [2.45, 2.75) is 0 Å². The molecule has 0 saturated heterocycles. The third-order valence-electron chi connectivity index (χ3n) is 3.09. The Kier molecular flexibility index (Phi) is 5.71. The van der Waals surface area contributed by atoms with Crippen LogP contribution in [0.2, 0.25) is 10.0 Å². The summed E-state index contributed by atoms with van der Waals surface area (Å²) in [4.78, 5) is 12.2. The van der Waals surface area contributed by atoms with E-state index in [4.69, 9.17) is 34.8 Å². The first-order chi connectivity index (χ1) is 12.0. The summed E-state index contributed by atoms with van der Waals surface area (Å²) in [7, 11) is 0. The molecule has 0 radical (unpaired) electrons. The van der Waals surface area contributed by atoms with E-state index in [0.717, 1.165) is 16.9 Å². The van der Waals surface area contributed by atoms with Crippen LogP contribution in [0.1, 0.15) is 20.4 Å². The second kappa shape index (κ2) is 7.97. The number of benzene rings is 2. The van der Waals surface area contributed by atoms with Crippen LogP contribution >= 0.6 is 46.1 Å². The lowest BCUT2D eigenvalue weighted by Crippen LogP contribution is -2.11. The van der Waals surface area contributed by atoms with Crippen LogP contribution in [0.25, 0.3) is 11.1 Å². The first kappa shape index (κ1) is 17.9. The van der Waals surface area contributed by atoms with Crippen molar-refractivity contribution >= 4 is 68.8 Å². The minimum absolute atomic E-state index is 0.215. The molecule has 1 heterocycles. The zero-order valence-electron chi connectivity index (χ0n) is 12.5. The molecule has 25 heavy (non-hydrogen) atoms. The third-order valence-corrected chi connectivity index (χ3v) is 4.95. The van der Waals surface area contributed by atoms with E-state index in [2.05, 4.69) is 15.5 Å². The molecule has 126 valence electrons. The molecule has 0 saturated carbocycles. The van der Waals surface area contributed by atoms with E-state index in [0.29, 0.717) is 25.8 Å². The lowest BCUT2D eigenvalue weighted by molar-refractivity contribution is 0.102. The predicted octanol–water partition coefficient (Wildman–Crippen LogP) is 5.83. The number of nitrogens with one attached hydrogen (secondary N) is 1. The zero-order chi connectivity index (χ0) is 17.8. The highest BCUT2D eigenvalue weighted by Crippen LogP contribution is 2.26. The number of halogens is 3. The molecular weight excluding hydrogens is 401 g/mol. The predicted molar refractivity (Wildman–Crippen MR) is 104 cm³/mol. The van der Waals surface area contributed by atoms with Crippen LogP contribution in [0.5, 0.6) is 0 Å². The van der Waals surface area contributed by atoms with E-state index in [1.54, 1.807) is 42.5 Å². The van der Waals surface area contributed by atoms with E-state index in [9.17, 15) is 4.79 Å². The topological polar surface area (TPSA) is 54.9 Å². The number of hydrogen-bond acceptors (Lipinski definition) is 4. The molecule has 8 heteroatoms. The summed E-state index contributed by atoms with van der Waals surface area (Å²) in [6.45, 7) is 0. The van der Waals surface area contributed by atoms with Gasteiger partial charge in [-0.2, -0.15) is 0 Å². The number of carbonyl (C=O) groups is 1. The lowest BCUT2D eigenvalue weighted by Gasteiger charge is -2.01. The summed E-state index contributed by atoms with van der Waals surface area (Å²) in [5.41, 5.74) is 1.49. The maximum Gasteiger partial charge on any atom is 0.286 e. The Morgan fingerprint density at radius 2 is 1.48 bits per heavy atom. The second-order valence-electron chi connectivity index (χ2n) is 4.92. The first-order valence-electron chi connectivity index (χ1n) is 7.05. The molecule has 0 bridgehead atoms. The van der Waals surface area contributed by atoms with E-state index in [1.165, 1.54) is 0 Å². The number of hydrogen-bond donors (Lipinski definition) is 1. The number of aromatic nitrogens is 2. The Balaban J connectivity index is 1.73. The van der Waals surface area contributed by atoms with Crippen molar-refractivity contribution in [1.82, 2.24) is 10.2 Å². The quantitative estimate of drug-likeness (QED) is 0.588. The standard InChI is InChI=1S/C17H10Cl3N3OS/c18-11-3-1-10(2-4-11)9-14(20)16-22-23-17(25-16)15(24)21-13-7-5-12(19)6-8-13/h1-9H,(H,21,24)/b14-9+. The molecule has 2 aromatic carbocycles. The van der Waals surface area contributed by atoms with Gasteiger partial charge in [-0.05, 0) is 48.0 Å². The Hall–Kier alpha value is -1.92. The molecule has 0 aliphatic rings. The average Bonchev–Trinajstić information content (AvgIpc) is 3.09. The largest absolute Gasteiger partial charge is 0.320 e. The molecule has 0 spiro atoms. The SMILES string of the molecule is O=C(Nc1ccc(Cl)cc1)c1nnc(/C(Cl)=C\c2ccc(Cl)cc2)s1. The maximum atomic E-state index is 12.2. The van der Waals surface area contributed by atoms with Gasteiger partial charge < -0.3 is 5.32 Å². The highest BCUT2D eigenvalue weighted by Gasteiger charge is 2.14. The van der Waals surface area contributed by atoms with E-state index in [-0.39, 0.29) is 10.9 Å². The van der Waals surface area contributed by atoms with Gasteiger partial charge in [-0.15, -0.1) is 10.2 Å². The molecule has 1 aromatic heterocycles. The van der Waals surface area contributed by atoms with Crippen molar-refractivity contribution in [3.05, 3.63) is 74.2 Å². The fourth-order valence-electron chi connectivity index (χ4n) is 1.90. The van der Waals surface area contributed by atoms with Crippen molar-refractivity contribution < 1.29 is 4.79 Å². The van der Waals surface area contributed by atoms with Crippen LogP contribution in [0.3, 0.4) is 0 Å². The van der Waals surface area contributed by atoms with Crippen LogP contribution in [-0.4, -0.2) is 16.1 Å². The summed E-state index contributed by atoms with van der Waals surface area (Å²) in [6.07, 6.45) is 1.74. The number of anilines is 1. The summed E-state index contributed by atoms with van der Waals surface area (Å²) < 4.78 is 0. The summed E-state index contributed by atoms with van der Waals surface area (Å²) in [5, 5.41) is 12.9. The van der Waals surface area contributed by atoms with Crippen LogP contribution in [0, 0.1) is 0 Å². The van der Waals surface area contributed by atoms with E-state index < -0.39 is 0 Å². The summed E-state index contributed by atoms with van der Waals surface area (Å²) in [5.74, 6) is -0.359. The highest BCUT2D eigenvalue weighted by atomic mass is 35.5. The van der Waals surface area contributed by atoms with Crippen molar-refractivity contribution in [1.29, 1.82) is 0 Å². The van der Waals surface area contributed by atoms with Crippen LogP contribution in [0.15, 0.2) is 48.5 Å². The van der Waals surface area contributed by atoms with Crippen molar-refractivity contribution in [2.75, 3.05) is 5.32 Å². The maximum absolute atomic E-state index is 12.2. The molecule has 0 aliphatic heterocycles. The van der Waals surface area contributed by atoms with Gasteiger partial charge in [0.25, 0.3) is 5.91 Å². The van der Waals surface area contributed by atoms with Gasteiger partial charge in [-0.1, -0.05) is 58.3 Å². The molecular formula is C17H10Cl3N3OS. The lowest BCUT2D eigenvalue weighted by atomic mass is 10.2. The van der Waals surface area contributed by atoms with Gasteiger partial charge in [0.2, 0.25) is 5.01 Å².